The highest BCUT2D eigenvalue weighted by Gasteiger charge is 2.09. The molecule has 1 aromatic heterocycles. The van der Waals surface area contributed by atoms with Gasteiger partial charge in [0, 0.05) is 6.54 Å². The minimum absolute atomic E-state index is 0.00910. The third kappa shape index (κ3) is 3.59. The van der Waals surface area contributed by atoms with Crippen LogP contribution in [-0.2, 0) is 16.6 Å². The van der Waals surface area contributed by atoms with E-state index < -0.39 is 10.0 Å². The Balaban J connectivity index is 2.07. The number of nitrogens with one attached hydrogen (secondary N) is 1. The molecular weight excluding hydrogens is 280 g/mol. The van der Waals surface area contributed by atoms with Gasteiger partial charge in [0.05, 0.1) is 22.9 Å². The molecule has 104 valence electrons. The molecule has 0 unspecified atom stereocenters. The summed E-state index contributed by atoms with van der Waals surface area (Å²) in [6.07, 6.45) is 2.76. The largest absolute Gasteiger partial charge is 0.348 e. The van der Waals surface area contributed by atoms with Crippen molar-refractivity contribution < 1.29 is 13.2 Å². The van der Waals surface area contributed by atoms with Crippen molar-refractivity contribution in [1.82, 2.24) is 15.5 Å². The van der Waals surface area contributed by atoms with Crippen molar-refractivity contribution in [2.75, 3.05) is 0 Å². The molecule has 1 amide bonds. The quantitative estimate of drug-likeness (QED) is 0.826. The first-order valence-corrected chi connectivity index (χ1v) is 7.18. The van der Waals surface area contributed by atoms with Crippen LogP contribution >= 0.6 is 0 Å². The first kappa shape index (κ1) is 14.1. The van der Waals surface area contributed by atoms with Crippen LogP contribution in [0.1, 0.15) is 15.9 Å². The molecule has 0 atom stereocenters. The van der Waals surface area contributed by atoms with Gasteiger partial charge in [0.2, 0.25) is 10.0 Å². The number of aromatic nitrogens is 2. The molecule has 0 aliphatic carbocycles. The van der Waals surface area contributed by atoms with Gasteiger partial charge in [0.15, 0.2) is 0 Å². The molecular formula is C12H12N4O3S. The number of carbonyl (C=O) groups excluding carboxylic acids is 1. The second kappa shape index (κ2) is 5.76. The molecule has 0 bridgehead atoms. The predicted octanol–water partition coefficient (Wildman–Crippen LogP) is 0.0540. The molecule has 0 spiro atoms. The van der Waals surface area contributed by atoms with Gasteiger partial charge in [0.1, 0.15) is 0 Å². The number of primary sulfonamides is 1. The number of sulfonamides is 1. The van der Waals surface area contributed by atoms with Gasteiger partial charge in [-0.3, -0.25) is 4.79 Å². The molecule has 1 heterocycles. The summed E-state index contributed by atoms with van der Waals surface area (Å²) in [5.41, 5.74) is 1.01. The number of nitrogens with two attached hydrogens (primary N) is 1. The molecule has 3 N–H and O–H groups in total. The zero-order chi connectivity index (χ0) is 14.6. The van der Waals surface area contributed by atoms with Crippen LogP contribution in [0.4, 0.5) is 0 Å². The number of hydrogen-bond donors (Lipinski definition) is 2. The molecule has 2 rings (SSSR count). The highest BCUT2D eigenvalue weighted by Crippen LogP contribution is 2.09. The van der Waals surface area contributed by atoms with E-state index in [4.69, 9.17) is 5.14 Å². The SMILES string of the molecule is NS(=O)(=O)c1cccc(CNC(=O)c2ccnnc2)c1. The Bertz CT molecular complexity index is 716. The average Bonchev–Trinajstić information content (AvgIpc) is 2.45. The molecule has 20 heavy (non-hydrogen) atoms. The maximum atomic E-state index is 11.8. The van der Waals surface area contributed by atoms with Crippen LogP contribution < -0.4 is 10.5 Å². The fraction of sp³-hybridized carbons (Fsp3) is 0.0833. The highest BCUT2D eigenvalue weighted by molar-refractivity contribution is 7.89. The second-order valence-corrected chi connectivity index (χ2v) is 5.57. The Kier molecular flexibility index (Phi) is 4.06. The van der Waals surface area contributed by atoms with E-state index in [2.05, 4.69) is 15.5 Å². The first-order chi connectivity index (χ1) is 9.47. The summed E-state index contributed by atoms with van der Waals surface area (Å²) >= 11 is 0. The lowest BCUT2D eigenvalue weighted by molar-refractivity contribution is 0.0950. The van der Waals surface area contributed by atoms with Crippen molar-refractivity contribution in [2.24, 2.45) is 5.14 Å². The van der Waals surface area contributed by atoms with Gasteiger partial charge in [-0.25, -0.2) is 13.6 Å². The van der Waals surface area contributed by atoms with Crippen molar-refractivity contribution in [3.05, 3.63) is 53.9 Å². The maximum Gasteiger partial charge on any atom is 0.253 e. The number of rotatable bonds is 4. The van der Waals surface area contributed by atoms with Gasteiger partial charge < -0.3 is 5.32 Å². The molecule has 0 saturated carbocycles. The second-order valence-electron chi connectivity index (χ2n) is 4.01. The Hall–Kier alpha value is -2.32. The van der Waals surface area contributed by atoms with Crippen molar-refractivity contribution in [2.45, 2.75) is 11.4 Å². The zero-order valence-electron chi connectivity index (χ0n) is 10.4. The summed E-state index contributed by atoms with van der Waals surface area (Å²) in [5.74, 6) is -0.319. The number of nitrogens with zero attached hydrogens (tertiary/aromatic N) is 2. The number of carbonyl (C=O) groups is 1. The Morgan fingerprint density at radius 2 is 2.05 bits per heavy atom. The van der Waals surface area contributed by atoms with E-state index in [0.29, 0.717) is 11.1 Å². The van der Waals surface area contributed by atoms with E-state index in [1.807, 2.05) is 0 Å². The van der Waals surface area contributed by atoms with E-state index in [-0.39, 0.29) is 17.3 Å². The topological polar surface area (TPSA) is 115 Å². The molecule has 0 aliphatic rings. The van der Waals surface area contributed by atoms with E-state index in [1.165, 1.54) is 30.6 Å². The minimum atomic E-state index is -3.75. The molecule has 0 aliphatic heterocycles. The van der Waals surface area contributed by atoms with Gasteiger partial charge >= 0.3 is 0 Å². The van der Waals surface area contributed by atoms with Crippen molar-refractivity contribution in [1.29, 1.82) is 0 Å². The smallest absolute Gasteiger partial charge is 0.253 e. The monoisotopic (exact) mass is 292 g/mol. The lowest BCUT2D eigenvalue weighted by Gasteiger charge is -2.06. The number of benzene rings is 1. The Morgan fingerprint density at radius 3 is 2.70 bits per heavy atom. The lowest BCUT2D eigenvalue weighted by atomic mass is 10.2. The van der Waals surface area contributed by atoms with Crippen molar-refractivity contribution in [3.63, 3.8) is 0 Å². The van der Waals surface area contributed by atoms with E-state index in [0.717, 1.165) is 0 Å². The first-order valence-electron chi connectivity index (χ1n) is 5.63. The van der Waals surface area contributed by atoms with Crippen LogP contribution in [0.2, 0.25) is 0 Å². The van der Waals surface area contributed by atoms with Gasteiger partial charge in [-0.15, -0.1) is 0 Å². The van der Waals surface area contributed by atoms with Crippen molar-refractivity contribution in [3.8, 4) is 0 Å². The fourth-order valence-corrected chi connectivity index (χ4v) is 2.13. The average molecular weight is 292 g/mol. The Labute approximate surface area is 115 Å². The summed E-state index contributed by atoms with van der Waals surface area (Å²) in [6, 6.07) is 7.60. The third-order valence-electron chi connectivity index (χ3n) is 2.53. The lowest BCUT2D eigenvalue weighted by Crippen LogP contribution is -2.23. The Morgan fingerprint density at radius 1 is 1.25 bits per heavy atom. The molecule has 7 nitrogen and oxygen atoms in total. The molecule has 8 heteroatoms. The normalized spacial score (nSPS) is 11.1. The summed E-state index contributed by atoms with van der Waals surface area (Å²) in [7, 11) is -3.75. The highest BCUT2D eigenvalue weighted by atomic mass is 32.2. The van der Waals surface area contributed by atoms with Crippen LogP contribution in [0.5, 0.6) is 0 Å². The minimum Gasteiger partial charge on any atom is -0.348 e. The maximum absolute atomic E-state index is 11.8. The molecule has 0 saturated heterocycles. The molecule has 2 aromatic rings. The number of amides is 1. The summed E-state index contributed by atoms with van der Waals surface area (Å²) in [6.45, 7) is 0.185. The van der Waals surface area contributed by atoms with Gasteiger partial charge in [0.25, 0.3) is 5.91 Å². The van der Waals surface area contributed by atoms with E-state index in [1.54, 1.807) is 12.1 Å². The number of hydrogen-bond acceptors (Lipinski definition) is 5. The summed E-state index contributed by atoms with van der Waals surface area (Å²) < 4.78 is 22.4. The van der Waals surface area contributed by atoms with Crippen LogP contribution in [0.15, 0.2) is 47.6 Å². The standard InChI is InChI=1S/C12H12N4O3S/c13-20(18,19)11-3-1-2-9(6-11)7-14-12(17)10-4-5-15-16-8-10/h1-6,8H,7H2,(H,14,17)(H2,13,18,19). The summed E-state index contributed by atoms with van der Waals surface area (Å²) in [4.78, 5) is 11.8. The van der Waals surface area contributed by atoms with Gasteiger partial charge in [-0.05, 0) is 23.8 Å². The summed E-state index contributed by atoms with van der Waals surface area (Å²) in [5, 5.41) is 14.9. The van der Waals surface area contributed by atoms with Gasteiger partial charge in [-0.2, -0.15) is 10.2 Å². The van der Waals surface area contributed by atoms with E-state index >= 15 is 0 Å². The molecule has 0 radical (unpaired) electrons. The van der Waals surface area contributed by atoms with Crippen molar-refractivity contribution >= 4 is 15.9 Å². The molecule has 1 aromatic carbocycles. The fourth-order valence-electron chi connectivity index (χ4n) is 1.54. The zero-order valence-corrected chi connectivity index (χ0v) is 11.2. The van der Waals surface area contributed by atoms with E-state index in [9.17, 15) is 13.2 Å². The van der Waals surface area contributed by atoms with Gasteiger partial charge in [-0.1, -0.05) is 12.1 Å². The van der Waals surface area contributed by atoms with Crippen LogP contribution in [-0.4, -0.2) is 24.5 Å². The third-order valence-corrected chi connectivity index (χ3v) is 3.44. The van der Waals surface area contributed by atoms with Crippen LogP contribution in [0.3, 0.4) is 0 Å². The molecule has 0 fully saturated rings. The predicted molar refractivity (Wildman–Crippen MR) is 71.0 cm³/mol. The van der Waals surface area contributed by atoms with Crippen LogP contribution in [0, 0.1) is 0 Å². The van der Waals surface area contributed by atoms with Crippen LogP contribution in [0.25, 0.3) is 0 Å².